The third-order valence-corrected chi connectivity index (χ3v) is 3.71. The number of rotatable bonds is 5. The van der Waals surface area contributed by atoms with Crippen LogP contribution in [0, 0.1) is 13.7 Å². The highest BCUT2D eigenvalue weighted by atomic mass is 127. The average Bonchev–Trinajstić information content (AvgIpc) is 2.45. The maximum atomic E-state index is 10.7. The number of nitrogens with zero attached hydrogens (tertiary/aromatic N) is 1. The normalized spacial score (nSPS) is 10.3. The van der Waals surface area contributed by atoms with Crippen LogP contribution in [0.3, 0.4) is 0 Å². The van der Waals surface area contributed by atoms with Gasteiger partial charge in [-0.2, -0.15) is 0 Å². The average molecular weight is 384 g/mol. The lowest BCUT2D eigenvalue weighted by molar-refractivity contribution is -0.385. The van der Waals surface area contributed by atoms with Crippen molar-refractivity contribution >= 4 is 34.0 Å². The monoisotopic (exact) mass is 384 g/mol. The van der Waals surface area contributed by atoms with Crippen molar-refractivity contribution in [3.63, 3.8) is 0 Å². The molecule has 2 aromatic rings. The summed E-state index contributed by atoms with van der Waals surface area (Å²) in [6.45, 7) is 0.661. The van der Waals surface area contributed by atoms with E-state index in [1.54, 1.807) is 12.1 Å². The van der Waals surface area contributed by atoms with E-state index in [1.807, 2.05) is 46.9 Å². The number of hydrogen-bond acceptors (Lipinski definition) is 4. The van der Waals surface area contributed by atoms with E-state index in [9.17, 15) is 10.1 Å². The Morgan fingerprint density at radius 1 is 1.15 bits per heavy atom. The van der Waals surface area contributed by atoms with E-state index < -0.39 is 0 Å². The smallest absolute Gasteiger partial charge is 0.282 e. The Hall–Kier alpha value is -1.67. The van der Waals surface area contributed by atoms with Crippen LogP contribution in [0.15, 0.2) is 42.5 Å². The molecule has 0 radical (unpaired) electrons. The van der Waals surface area contributed by atoms with Gasteiger partial charge in [0.05, 0.1) is 15.1 Å². The maximum Gasteiger partial charge on any atom is 0.282 e. The van der Waals surface area contributed by atoms with Crippen molar-refractivity contribution in [2.75, 3.05) is 5.32 Å². The predicted octanol–water partition coefficient (Wildman–Crippen LogP) is 3.30. The van der Waals surface area contributed by atoms with Gasteiger partial charge >= 0.3 is 0 Å². The largest absolute Gasteiger partial charge is 0.392 e. The number of halogens is 1. The summed E-state index contributed by atoms with van der Waals surface area (Å²) in [5.41, 5.74) is 2.91. The number of benzene rings is 2. The van der Waals surface area contributed by atoms with Crippen LogP contribution < -0.4 is 5.32 Å². The Bertz CT molecular complexity index is 614. The van der Waals surface area contributed by atoms with Crippen molar-refractivity contribution < 1.29 is 10.0 Å². The lowest BCUT2D eigenvalue weighted by Crippen LogP contribution is -2.00. The van der Waals surface area contributed by atoms with Gasteiger partial charge in [0.1, 0.15) is 0 Å². The topological polar surface area (TPSA) is 75.4 Å². The third kappa shape index (κ3) is 3.67. The minimum absolute atomic E-state index is 0.0360. The van der Waals surface area contributed by atoms with Gasteiger partial charge in [-0.05, 0) is 45.9 Å². The highest BCUT2D eigenvalue weighted by Crippen LogP contribution is 2.24. The van der Waals surface area contributed by atoms with Gasteiger partial charge in [-0.3, -0.25) is 10.1 Å². The van der Waals surface area contributed by atoms with Crippen LogP contribution >= 0.6 is 22.6 Å². The zero-order valence-corrected chi connectivity index (χ0v) is 12.7. The van der Waals surface area contributed by atoms with Gasteiger partial charge in [-0.15, -0.1) is 0 Å². The Balaban J connectivity index is 2.03. The van der Waals surface area contributed by atoms with Gasteiger partial charge < -0.3 is 10.4 Å². The van der Waals surface area contributed by atoms with Gasteiger partial charge in [0.25, 0.3) is 5.69 Å². The van der Waals surface area contributed by atoms with Gasteiger partial charge in [0, 0.05) is 18.3 Å². The van der Waals surface area contributed by atoms with E-state index in [2.05, 4.69) is 5.32 Å². The van der Waals surface area contributed by atoms with Crippen LogP contribution in [-0.4, -0.2) is 10.0 Å². The zero-order valence-electron chi connectivity index (χ0n) is 10.5. The second-order valence-corrected chi connectivity index (χ2v) is 5.41. The van der Waals surface area contributed by atoms with Crippen LogP contribution in [0.25, 0.3) is 0 Å². The molecule has 20 heavy (non-hydrogen) atoms. The quantitative estimate of drug-likeness (QED) is 0.471. The first-order valence-corrected chi connectivity index (χ1v) is 7.04. The maximum absolute atomic E-state index is 10.7. The minimum Gasteiger partial charge on any atom is -0.392 e. The number of nitrogens with one attached hydrogen (secondary N) is 1. The summed E-state index contributed by atoms with van der Waals surface area (Å²) in [6.07, 6.45) is 0. The molecule has 0 aliphatic heterocycles. The molecule has 0 bridgehead atoms. The summed E-state index contributed by atoms with van der Waals surface area (Å²) in [4.78, 5) is 10.3. The van der Waals surface area contributed by atoms with E-state index in [4.69, 9.17) is 5.11 Å². The van der Waals surface area contributed by atoms with E-state index in [1.165, 1.54) is 6.07 Å². The fourth-order valence-corrected chi connectivity index (χ4v) is 2.44. The molecule has 2 N–H and O–H groups in total. The van der Waals surface area contributed by atoms with Crippen LogP contribution in [0.1, 0.15) is 11.1 Å². The van der Waals surface area contributed by atoms with Crippen molar-refractivity contribution in [2.45, 2.75) is 13.2 Å². The van der Waals surface area contributed by atoms with Crippen LogP contribution in [-0.2, 0) is 13.2 Å². The fraction of sp³-hybridized carbons (Fsp3) is 0.143. The number of anilines is 1. The summed E-state index contributed by atoms with van der Waals surface area (Å²) < 4.78 is 0.605. The molecule has 5 nitrogen and oxygen atoms in total. The highest BCUT2D eigenvalue weighted by Gasteiger charge is 2.11. The lowest BCUT2D eigenvalue weighted by atomic mass is 10.1. The predicted molar refractivity (Wildman–Crippen MR) is 85.5 cm³/mol. The molecule has 0 aliphatic rings. The van der Waals surface area contributed by atoms with E-state index in [0.717, 1.165) is 16.8 Å². The zero-order chi connectivity index (χ0) is 14.5. The van der Waals surface area contributed by atoms with Crippen LogP contribution in [0.5, 0.6) is 0 Å². The molecule has 2 aromatic carbocycles. The standard InChI is InChI=1S/C14H13IN2O3/c15-13-7-12(5-6-14(13)17(19)20)16-8-10-1-3-11(9-18)4-2-10/h1-7,16,18H,8-9H2. The Labute approximate surface area is 129 Å². The van der Waals surface area contributed by atoms with Crippen molar-refractivity contribution in [3.8, 4) is 0 Å². The number of nitro benzene ring substituents is 1. The highest BCUT2D eigenvalue weighted by molar-refractivity contribution is 14.1. The SMILES string of the molecule is O=[N+]([O-])c1ccc(NCc2ccc(CO)cc2)cc1I. The van der Waals surface area contributed by atoms with Gasteiger partial charge in [0.15, 0.2) is 0 Å². The molecule has 0 aliphatic carbocycles. The third-order valence-electron chi connectivity index (χ3n) is 2.85. The molecule has 0 spiro atoms. The van der Waals surface area contributed by atoms with E-state index in [-0.39, 0.29) is 17.2 Å². The molecular weight excluding hydrogens is 371 g/mol. The molecule has 2 rings (SSSR count). The molecule has 0 heterocycles. The van der Waals surface area contributed by atoms with Crippen molar-refractivity contribution in [1.82, 2.24) is 0 Å². The molecule has 0 saturated carbocycles. The first-order chi connectivity index (χ1) is 9.60. The Kier molecular flexibility index (Phi) is 4.91. The molecule has 0 aromatic heterocycles. The summed E-state index contributed by atoms with van der Waals surface area (Å²) in [5, 5.41) is 22.9. The summed E-state index contributed by atoms with van der Waals surface area (Å²) in [6, 6.07) is 12.6. The fourth-order valence-electron chi connectivity index (χ4n) is 1.73. The Morgan fingerprint density at radius 2 is 1.80 bits per heavy atom. The first kappa shape index (κ1) is 14.7. The minimum atomic E-state index is -0.390. The molecule has 0 atom stereocenters. The molecule has 0 fully saturated rings. The molecule has 0 unspecified atom stereocenters. The number of aliphatic hydroxyl groups is 1. The molecular formula is C14H13IN2O3. The second-order valence-electron chi connectivity index (χ2n) is 4.25. The second kappa shape index (κ2) is 6.67. The van der Waals surface area contributed by atoms with Gasteiger partial charge in [0.2, 0.25) is 0 Å². The molecule has 0 saturated heterocycles. The number of aliphatic hydroxyl groups excluding tert-OH is 1. The molecule has 6 heteroatoms. The van der Waals surface area contributed by atoms with Gasteiger partial charge in [-0.25, -0.2) is 0 Å². The van der Waals surface area contributed by atoms with Crippen molar-refractivity contribution in [1.29, 1.82) is 0 Å². The van der Waals surface area contributed by atoms with Gasteiger partial charge in [-0.1, -0.05) is 24.3 Å². The first-order valence-electron chi connectivity index (χ1n) is 5.96. The van der Waals surface area contributed by atoms with Crippen LogP contribution in [0.4, 0.5) is 11.4 Å². The molecule has 0 amide bonds. The summed E-state index contributed by atoms with van der Waals surface area (Å²) in [7, 11) is 0. The lowest BCUT2D eigenvalue weighted by Gasteiger charge is -2.07. The molecule has 104 valence electrons. The van der Waals surface area contributed by atoms with Crippen molar-refractivity contribution in [2.24, 2.45) is 0 Å². The Morgan fingerprint density at radius 3 is 2.35 bits per heavy atom. The van der Waals surface area contributed by atoms with E-state index in [0.29, 0.717) is 10.1 Å². The van der Waals surface area contributed by atoms with E-state index >= 15 is 0 Å². The summed E-state index contributed by atoms with van der Waals surface area (Å²) >= 11 is 1.96. The number of nitro groups is 1. The van der Waals surface area contributed by atoms with Crippen LogP contribution in [0.2, 0.25) is 0 Å². The van der Waals surface area contributed by atoms with Crippen molar-refractivity contribution in [3.05, 3.63) is 67.3 Å². The number of hydrogen-bond donors (Lipinski definition) is 2. The summed E-state index contributed by atoms with van der Waals surface area (Å²) in [5.74, 6) is 0.